The molecule has 0 aromatic carbocycles. The summed E-state index contributed by atoms with van der Waals surface area (Å²) in [5.41, 5.74) is 0.212. The summed E-state index contributed by atoms with van der Waals surface area (Å²) in [6, 6.07) is 0. The molecule has 1 amide bonds. The molecular weight excluding hydrogens is 188 g/mol. The van der Waals surface area contributed by atoms with Gasteiger partial charge in [-0.25, -0.2) is 0 Å². The van der Waals surface area contributed by atoms with E-state index >= 15 is 0 Å². The fourth-order valence-electron chi connectivity index (χ4n) is 1.86. The van der Waals surface area contributed by atoms with Crippen molar-refractivity contribution < 1.29 is 4.79 Å². The third-order valence-electron chi connectivity index (χ3n) is 2.89. The Labute approximate surface area is 92.0 Å². The maximum Gasteiger partial charge on any atom is 0.220 e. The van der Waals surface area contributed by atoms with Crippen LogP contribution >= 0.6 is 0 Å². The first-order valence-electron chi connectivity index (χ1n) is 5.57. The minimum absolute atomic E-state index is 0.0692. The summed E-state index contributed by atoms with van der Waals surface area (Å²) in [5, 5.41) is 6.31. The molecule has 0 aliphatic carbocycles. The Kier molecular flexibility index (Phi) is 4.64. The van der Waals surface area contributed by atoms with E-state index in [1.165, 1.54) is 12.8 Å². The number of nitrogens with one attached hydrogen (secondary N) is 2. The maximum absolute atomic E-state index is 11.4. The molecule has 1 rings (SSSR count). The molecule has 1 aliphatic heterocycles. The van der Waals surface area contributed by atoms with E-state index in [1.54, 1.807) is 0 Å². The van der Waals surface area contributed by atoms with Gasteiger partial charge in [0.25, 0.3) is 0 Å². The van der Waals surface area contributed by atoms with Crippen LogP contribution in [0.2, 0.25) is 0 Å². The molecule has 84 valence electrons. The van der Waals surface area contributed by atoms with Gasteiger partial charge in [-0.05, 0) is 24.8 Å². The van der Waals surface area contributed by atoms with Crippen LogP contribution in [0.1, 0.15) is 32.6 Å². The molecule has 1 fully saturated rings. The van der Waals surface area contributed by atoms with Crippen molar-refractivity contribution in [3.8, 4) is 12.3 Å². The van der Waals surface area contributed by atoms with Gasteiger partial charge < -0.3 is 10.6 Å². The lowest BCUT2D eigenvalue weighted by Gasteiger charge is -2.34. The van der Waals surface area contributed by atoms with Gasteiger partial charge in [0.05, 0.1) is 0 Å². The van der Waals surface area contributed by atoms with Crippen LogP contribution in [0.3, 0.4) is 0 Å². The molecule has 0 radical (unpaired) electrons. The zero-order valence-electron chi connectivity index (χ0n) is 9.44. The number of rotatable bonds is 4. The van der Waals surface area contributed by atoms with E-state index in [0.29, 0.717) is 12.8 Å². The van der Waals surface area contributed by atoms with E-state index in [9.17, 15) is 4.79 Å². The number of terminal acetylenes is 1. The van der Waals surface area contributed by atoms with Gasteiger partial charge in [-0.1, -0.05) is 6.92 Å². The number of hydrogen-bond donors (Lipinski definition) is 2. The summed E-state index contributed by atoms with van der Waals surface area (Å²) >= 11 is 0. The molecule has 0 bridgehead atoms. The number of hydrogen-bond acceptors (Lipinski definition) is 2. The lowest BCUT2D eigenvalue weighted by Crippen LogP contribution is -2.45. The van der Waals surface area contributed by atoms with E-state index in [1.807, 2.05) is 0 Å². The fraction of sp³-hybridized carbons (Fsp3) is 0.750. The molecule has 1 heterocycles. The molecule has 0 spiro atoms. The fourth-order valence-corrected chi connectivity index (χ4v) is 1.86. The van der Waals surface area contributed by atoms with Crippen molar-refractivity contribution >= 4 is 5.91 Å². The van der Waals surface area contributed by atoms with Crippen molar-refractivity contribution in [2.45, 2.75) is 32.6 Å². The molecule has 1 unspecified atom stereocenters. The smallest absolute Gasteiger partial charge is 0.220 e. The molecule has 15 heavy (non-hydrogen) atoms. The Hall–Kier alpha value is -1.01. The van der Waals surface area contributed by atoms with E-state index in [4.69, 9.17) is 6.42 Å². The SMILES string of the molecule is C#CCCC(=O)NCC1(C)CCCNC1. The van der Waals surface area contributed by atoms with Crippen LogP contribution in [0.4, 0.5) is 0 Å². The minimum Gasteiger partial charge on any atom is -0.355 e. The van der Waals surface area contributed by atoms with Crippen molar-refractivity contribution in [3.63, 3.8) is 0 Å². The van der Waals surface area contributed by atoms with Crippen molar-refractivity contribution in [1.82, 2.24) is 10.6 Å². The minimum atomic E-state index is 0.0692. The Balaban J connectivity index is 2.23. The first kappa shape index (κ1) is 12.1. The van der Waals surface area contributed by atoms with Crippen molar-refractivity contribution in [2.24, 2.45) is 5.41 Å². The predicted molar refractivity (Wildman–Crippen MR) is 61.3 cm³/mol. The van der Waals surface area contributed by atoms with E-state index in [0.717, 1.165) is 19.6 Å². The van der Waals surface area contributed by atoms with Crippen molar-refractivity contribution in [1.29, 1.82) is 0 Å². The largest absolute Gasteiger partial charge is 0.355 e. The highest BCUT2D eigenvalue weighted by atomic mass is 16.1. The van der Waals surface area contributed by atoms with Crippen LogP contribution in [-0.2, 0) is 4.79 Å². The molecule has 1 saturated heterocycles. The average Bonchev–Trinajstić information content (AvgIpc) is 2.25. The second-order valence-electron chi connectivity index (χ2n) is 4.57. The molecule has 3 heteroatoms. The number of carbonyl (C=O) groups is 1. The monoisotopic (exact) mass is 208 g/mol. The molecule has 1 atom stereocenters. The topological polar surface area (TPSA) is 41.1 Å². The van der Waals surface area contributed by atoms with Crippen LogP contribution in [-0.4, -0.2) is 25.5 Å². The molecule has 0 aromatic heterocycles. The van der Waals surface area contributed by atoms with Gasteiger partial charge in [0, 0.05) is 25.9 Å². The zero-order chi connectivity index (χ0) is 11.1. The summed E-state index contributed by atoms with van der Waals surface area (Å²) in [4.78, 5) is 11.4. The van der Waals surface area contributed by atoms with E-state index in [2.05, 4.69) is 23.5 Å². The first-order valence-corrected chi connectivity index (χ1v) is 5.57. The van der Waals surface area contributed by atoms with Crippen LogP contribution in [0.25, 0.3) is 0 Å². The number of carbonyl (C=O) groups excluding carboxylic acids is 1. The Morgan fingerprint density at radius 1 is 1.67 bits per heavy atom. The Morgan fingerprint density at radius 2 is 2.47 bits per heavy atom. The second kappa shape index (κ2) is 5.77. The van der Waals surface area contributed by atoms with E-state index in [-0.39, 0.29) is 11.3 Å². The first-order chi connectivity index (χ1) is 7.16. The molecular formula is C12H20N2O. The molecule has 1 aliphatic rings. The number of amides is 1. The van der Waals surface area contributed by atoms with Crippen LogP contribution in [0.15, 0.2) is 0 Å². The third-order valence-corrected chi connectivity index (χ3v) is 2.89. The predicted octanol–water partition coefficient (Wildman–Crippen LogP) is 0.906. The standard InChI is InChI=1S/C12H20N2O/c1-3-4-6-11(15)14-10-12(2)7-5-8-13-9-12/h1,13H,4-10H2,2H3,(H,14,15). The molecule has 0 aromatic rings. The van der Waals surface area contributed by atoms with Gasteiger partial charge >= 0.3 is 0 Å². The molecule has 0 saturated carbocycles. The lowest BCUT2D eigenvalue weighted by atomic mass is 9.83. The summed E-state index contributed by atoms with van der Waals surface area (Å²) in [7, 11) is 0. The van der Waals surface area contributed by atoms with Gasteiger partial charge in [0.2, 0.25) is 5.91 Å². The van der Waals surface area contributed by atoms with Gasteiger partial charge in [-0.15, -0.1) is 12.3 Å². The highest BCUT2D eigenvalue weighted by Gasteiger charge is 2.26. The van der Waals surface area contributed by atoms with Gasteiger partial charge in [-0.2, -0.15) is 0 Å². The third kappa shape index (κ3) is 4.35. The van der Waals surface area contributed by atoms with Crippen LogP contribution in [0.5, 0.6) is 0 Å². The Bertz CT molecular complexity index is 249. The maximum atomic E-state index is 11.4. The highest BCUT2D eigenvalue weighted by Crippen LogP contribution is 2.24. The van der Waals surface area contributed by atoms with Crippen molar-refractivity contribution in [2.75, 3.05) is 19.6 Å². The summed E-state index contributed by atoms with van der Waals surface area (Å²) in [6.45, 7) is 5.05. The molecule has 3 nitrogen and oxygen atoms in total. The van der Waals surface area contributed by atoms with Crippen molar-refractivity contribution in [3.05, 3.63) is 0 Å². The average molecular weight is 208 g/mol. The highest BCUT2D eigenvalue weighted by molar-refractivity contribution is 5.76. The van der Waals surface area contributed by atoms with Crippen LogP contribution < -0.4 is 10.6 Å². The normalized spacial score (nSPS) is 25.6. The van der Waals surface area contributed by atoms with Gasteiger partial charge in [0.15, 0.2) is 0 Å². The van der Waals surface area contributed by atoms with Crippen LogP contribution in [0, 0.1) is 17.8 Å². The van der Waals surface area contributed by atoms with Gasteiger partial charge in [-0.3, -0.25) is 4.79 Å². The zero-order valence-corrected chi connectivity index (χ0v) is 9.44. The lowest BCUT2D eigenvalue weighted by molar-refractivity contribution is -0.121. The summed E-state index contributed by atoms with van der Waals surface area (Å²) in [6.07, 6.45) is 8.44. The summed E-state index contributed by atoms with van der Waals surface area (Å²) in [5.74, 6) is 2.54. The molecule has 2 N–H and O–H groups in total. The second-order valence-corrected chi connectivity index (χ2v) is 4.57. The Morgan fingerprint density at radius 3 is 3.07 bits per heavy atom. The summed E-state index contributed by atoms with van der Waals surface area (Å²) < 4.78 is 0. The number of piperidine rings is 1. The quantitative estimate of drug-likeness (QED) is 0.674. The van der Waals surface area contributed by atoms with Gasteiger partial charge in [0.1, 0.15) is 0 Å². The van der Waals surface area contributed by atoms with E-state index < -0.39 is 0 Å².